The topological polar surface area (TPSA) is 75.9 Å². The first-order chi connectivity index (χ1) is 9.26. The molecule has 5 nitrogen and oxygen atoms in total. The van der Waals surface area contributed by atoms with E-state index in [1.165, 1.54) is 11.2 Å². The molecule has 2 rings (SSSR count). The monoisotopic (exact) mass is 341 g/mol. The molecule has 2 aromatic heterocycles. The van der Waals surface area contributed by atoms with Gasteiger partial charge < -0.3 is 10.7 Å². The fourth-order valence-electron chi connectivity index (χ4n) is 1.79. The first-order valence-corrected chi connectivity index (χ1v) is 7.69. The van der Waals surface area contributed by atoms with Gasteiger partial charge in [-0.05, 0) is 33.8 Å². The summed E-state index contributed by atoms with van der Waals surface area (Å²) in [4.78, 5) is 9.69. The average Bonchev–Trinajstić information content (AvgIpc) is 2.83. The molecular formula is C12H16BrN5S. The Hall–Kier alpha value is -1.18. The van der Waals surface area contributed by atoms with Crippen molar-refractivity contribution in [1.29, 1.82) is 0 Å². The third kappa shape index (κ3) is 3.43. The maximum Gasteiger partial charge on any atom is 0.148 e. The summed E-state index contributed by atoms with van der Waals surface area (Å²) in [6.45, 7) is 2.85. The Kier molecular flexibility index (Phi) is 5.12. The molecule has 102 valence electrons. The van der Waals surface area contributed by atoms with E-state index in [4.69, 9.17) is 5.84 Å². The van der Waals surface area contributed by atoms with Gasteiger partial charge in [0, 0.05) is 14.9 Å². The molecule has 2 aromatic rings. The predicted molar refractivity (Wildman–Crippen MR) is 83.2 cm³/mol. The normalized spacial score (nSPS) is 10.5. The molecule has 0 aliphatic rings. The highest BCUT2D eigenvalue weighted by atomic mass is 79.9. The van der Waals surface area contributed by atoms with E-state index in [1.807, 2.05) is 6.07 Å². The first-order valence-electron chi connectivity index (χ1n) is 6.02. The Bertz CT molecular complexity index is 543. The van der Waals surface area contributed by atoms with Crippen LogP contribution in [0.4, 0.5) is 11.6 Å². The summed E-state index contributed by atoms with van der Waals surface area (Å²) in [5.41, 5.74) is 3.66. The summed E-state index contributed by atoms with van der Waals surface area (Å²) < 4.78 is 1.12. The van der Waals surface area contributed by atoms with E-state index >= 15 is 0 Å². The molecule has 0 fully saturated rings. The molecular weight excluding hydrogens is 326 g/mol. The third-order valence-corrected chi connectivity index (χ3v) is 4.62. The lowest BCUT2D eigenvalue weighted by Gasteiger charge is -2.13. The van der Waals surface area contributed by atoms with Gasteiger partial charge in [0.05, 0.1) is 6.54 Å². The van der Waals surface area contributed by atoms with Crippen LogP contribution in [0.1, 0.15) is 23.8 Å². The molecule has 19 heavy (non-hydrogen) atoms. The van der Waals surface area contributed by atoms with Gasteiger partial charge in [0.25, 0.3) is 0 Å². The van der Waals surface area contributed by atoms with Gasteiger partial charge in [-0.1, -0.05) is 13.3 Å². The van der Waals surface area contributed by atoms with Crippen molar-refractivity contribution in [2.45, 2.75) is 26.3 Å². The second-order valence-corrected chi connectivity index (χ2v) is 5.84. The molecule has 0 atom stereocenters. The number of nitrogen functional groups attached to an aromatic ring is 1. The van der Waals surface area contributed by atoms with Gasteiger partial charge >= 0.3 is 0 Å². The smallest absolute Gasteiger partial charge is 0.148 e. The van der Waals surface area contributed by atoms with E-state index in [1.54, 1.807) is 11.3 Å². The van der Waals surface area contributed by atoms with Gasteiger partial charge in [-0.15, -0.1) is 11.3 Å². The summed E-state index contributed by atoms with van der Waals surface area (Å²) in [5, 5.41) is 5.41. The van der Waals surface area contributed by atoms with E-state index in [2.05, 4.69) is 48.9 Å². The Morgan fingerprint density at radius 2 is 2.16 bits per heavy atom. The molecule has 0 spiro atoms. The second-order valence-electron chi connectivity index (χ2n) is 3.99. The Morgan fingerprint density at radius 1 is 1.37 bits per heavy atom. The van der Waals surface area contributed by atoms with Gasteiger partial charge in [-0.25, -0.2) is 15.8 Å². The fraction of sp³-hybridized carbons (Fsp3) is 0.333. The van der Waals surface area contributed by atoms with Gasteiger partial charge in [0.2, 0.25) is 0 Å². The summed E-state index contributed by atoms with van der Waals surface area (Å²) in [6.07, 6.45) is 3.41. The van der Waals surface area contributed by atoms with Crippen LogP contribution in [0, 0.1) is 0 Å². The van der Waals surface area contributed by atoms with Crippen LogP contribution in [0.15, 0.2) is 22.2 Å². The molecule has 0 saturated carbocycles. The van der Waals surface area contributed by atoms with E-state index in [0.29, 0.717) is 5.82 Å². The summed E-state index contributed by atoms with van der Waals surface area (Å²) in [6, 6.07) is 2.04. The number of thiophene rings is 1. The fourth-order valence-corrected chi connectivity index (χ4v) is 3.22. The zero-order chi connectivity index (χ0) is 13.7. The number of halogens is 1. The zero-order valence-electron chi connectivity index (χ0n) is 10.6. The van der Waals surface area contributed by atoms with Crippen LogP contribution in [0.25, 0.3) is 0 Å². The summed E-state index contributed by atoms with van der Waals surface area (Å²) in [7, 11) is 0. The van der Waals surface area contributed by atoms with Gasteiger partial charge in [0.1, 0.15) is 18.0 Å². The maximum absolute atomic E-state index is 5.49. The van der Waals surface area contributed by atoms with Crippen molar-refractivity contribution in [3.63, 3.8) is 0 Å². The Morgan fingerprint density at radius 3 is 2.79 bits per heavy atom. The van der Waals surface area contributed by atoms with Crippen molar-refractivity contribution in [1.82, 2.24) is 9.97 Å². The average molecular weight is 342 g/mol. The number of nitrogens with zero attached hydrogens (tertiary/aromatic N) is 2. The number of nitrogens with two attached hydrogens (primary N) is 1. The van der Waals surface area contributed by atoms with Crippen molar-refractivity contribution in [3.8, 4) is 0 Å². The number of aromatic nitrogens is 2. The number of hydrogen-bond acceptors (Lipinski definition) is 6. The van der Waals surface area contributed by atoms with E-state index in [0.717, 1.165) is 35.2 Å². The molecule has 0 bridgehead atoms. The molecule has 0 aliphatic heterocycles. The van der Waals surface area contributed by atoms with Gasteiger partial charge in [-0.2, -0.15) is 0 Å². The van der Waals surface area contributed by atoms with Crippen LogP contribution in [0.3, 0.4) is 0 Å². The molecule has 0 saturated heterocycles. The van der Waals surface area contributed by atoms with Crippen LogP contribution < -0.4 is 16.6 Å². The highest BCUT2D eigenvalue weighted by Crippen LogP contribution is 2.25. The van der Waals surface area contributed by atoms with E-state index in [-0.39, 0.29) is 0 Å². The quantitative estimate of drug-likeness (QED) is 0.555. The number of hydrogen-bond donors (Lipinski definition) is 3. The lowest BCUT2D eigenvalue weighted by atomic mass is 10.1. The van der Waals surface area contributed by atoms with Crippen LogP contribution in [-0.2, 0) is 13.0 Å². The maximum atomic E-state index is 5.49. The molecule has 0 aliphatic carbocycles. The lowest BCUT2D eigenvalue weighted by molar-refractivity contribution is 0.897. The van der Waals surface area contributed by atoms with E-state index in [9.17, 15) is 0 Å². The van der Waals surface area contributed by atoms with Crippen LogP contribution in [0.5, 0.6) is 0 Å². The van der Waals surface area contributed by atoms with Crippen molar-refractivity contribution >= 4 is 38.9 Å². The Labute approximate surface area is 124 Å². The van der Waals surface area contributed by atoms with Crippen LogP contribution in [-0.4, -0.2) is 9.97 Å². The van der Waals surface area contributed by atoms with Gasteiger partial charge in [-0.3, -0.25) is 0 Å². The molecule has 7 heteroatoms. The van der Waals surface area contributed by atoms with Crippen molar-refractivity contribution in [2.75, 3.05) is 10.7 Å². The predicted octanol–water partition coefficient (Wildman–Crippen LogP) is 3.15. The minimum Gasteiger partial charge on any atom is -0.365 e. The van der Waals surface area contributed by atoms with E-state index < -0.39 is 0 Å². The largest absolute Gasteiger partial charge is 0.365 e. The molecule has 0 aromatic carbocycles. The minimum absolute atomic E-state index is 0.685. The highest BCUT2D eigenvalue weighted by molar-refractivity contribution is 9.10. The number of rotatable bonds is 6. The van der Waals surface area contributed by atoms with Gasteiger partial charge in [0.15, 0.2) is 0 Å². The number of nitrogens with one attached hydrogen (secondary N) is 2. The molecule has 0 unspecified atom stereocenters. The third-order valence-electron chi connectivity index (χ3n) is 2.69. The zero-order valence-corrected chi connectivity index (χ0v) is 13.0. The lowest BCUT2D eigenvalue weighted by Crippen LogP contribution is -2.14. The van der Waals surface area contributed by atoms with Crippen molar-refractivity contribution < 1.29 is 0 Å². The van der Waals surface area contributed by atoms with Crippen LogP contribution in [0.2, 0.25) is 0 Å². The number of anilines is 2. The SMILES string of the molecule is CCCc1c(NN)ncnc1NCc1sccc1Br. The molecule has 2 heterocycles. The van der Waals surface area contributed by atoms with Crippen molar-refractivity contribution in [3.05, 3.63) is 32.7 Å². The summed E-state index contributed by atoms with van der Waals surface area (Å²) >= 11 is 5.23. The standard InChI is InChI=1S/C12H16BrN5S/c1-2-3-8-11(16-7-17-12(8)18-14)15-6-10-9(13)4-5-19-10/h4-5,7H,2-3,6,14H2,1H3,(H2,15,16,17,18). The summed E-state index contributed by atoms with van der Waals surface area (Å²) in [5.74, 6) is 7.01. The molecule has 0 amide bonds. The second kappa shape index (κ2) is 6.83. The highest BCUT2D eigenvalue weighted by Gasteiger charge is 2.10. The number of hydrazine groups is 1. The minimum atomic E-state index is 0.685. The molecule has 0 radical (unpaired) electrons. The van der Waals surface area contributed by atoms with Crippen molar-refractivity contribution in [2.24, 2.45) is 5.84 Å². The first kappa shape index (κ1) is 14.2. The Balaban J connectivity index is 2.17. The van der Waals surface area contributed by atoms with Crippen LogP contribution >= 0.6 is 27.3 Å². The molecule has 4 N–H and O–H groups in total.